The molecule has 4 aromatic rings. The maximum atomic E-state index is 14.1. The molecule has 0 heterocycles. The van der Waals surface area contributed by atoms with Crippen molar-refractivity contribution in [1.29, 1.82) is 0 Å². The van der Waals surface area contributed by atoms with Crippen LogP contribution in [0.1, 0.15) is 30.0 Å². The molecule has 0 aromatic heterocycles. The molecule has 224 valence electrons. The van der Waals surface area contributed by atoms with Crippen molar-refractivity contribution >= 4 is 27.5 Å². The summed E-state index contributed by atoms with van der Waals surface area (Å²) in [6.45, 7) is 5.29. The fraction of sp³-hybridized carbons (Fsp3) is 0.235. The standard InChI is InChI=1S/C34H37N3O5S/c1-5-32(34(39)35-4)36(23-27-11-9-10-26(3)22-27)33(38)24-37(43(40,41)31-20-14-25(2)15-21-31)28-16-18-30(19-17-28)42-29-12-7-6-8-13-29/h6-22,32H,5,23-24H2,1-4H3,(H,35,39)/t32-/m1/s1. The molecule has 4 aromatic carbocycles. The molecule has 4 rings (SSSR count). The Balaban J connectivity index is 1.72. The summed E-state index contributed by atoms with van der Waals surface area (Å²) in [7, 11) is -2.64. The second-order valence-corrected chi connectivity index (χ2v) is 12.1. The summed E-state index contributed by atoms with van der Waals surface area (Å²) in [6.07, 6.45) is 0.355. The van der Waals surface area contributed by atoms with Crippen molar-refractivity contribution in [2.24, 2.45) is 0 Å². The number of benzene rings is 4. The fourth-order valence-electron chi connectivity index (χ4n) is 4.76. The van der Waals surface area contributed by atoms with Gasteiger partial charge in [-0.3, -0.25) is 13.9 Å². The highest BCUT2D eigenvalue weighted by molar-refractivity contribution is 7.92. The number of likely N-dealkylation sites (N-methyl/N-ethyl adjacent to an activating group) is 1. The number of para-hydroxylation sites is 1. The maximum absolute atomic E-state index is 14.1. The first-order valence-electron chi connectivity index (χ1n) is 14.1. The molecule has 0 aliphatic heterocycles. The Morgan fingerprint density at radius 3 is 2.07 bits per heavy atom. The minimum absolute atomic E-state index is 0.0547. The van der Waals surface area contributed by atoms with Gasteiger partial charge in [0.05, 0.1) is 10.6 Å². The zero-order valence-electron chi connectivity index (χ0n) is 24.9. The van der Waals surface area contributed by atoms with Gasteiger partial charge in [0, 0.05) is 13.6 Å². The highest BCUT2D eigenvalue weighted by Gasteiger charge is 2.33. The normalized spacial score (nSPS) is 11.8. The molecule has 0 saturated heterocycles. The molecule has 0 fully saturated rings. The van der Waals surface area contributed by atoms with Crippen molar-refractivity contribution in [2.45, 2.75) is 44.7 Å². The summed E-state index contributed by atoms with van der Waals surface area (Å²) in [4.78, 5) is 28.5. The topological polar surface area (TPSA) is 96.0 Å². The number of carbonyl (C=O) groups is 2. The third-order valence-corrected chi connectivity index (χ3v) is 8.85. The Kier molecular flexibility index (Phi) is 10.2. The van der Waals surface area contributed by atoms with Crippen molar-refractivity contribution < 1.29 is 22.7 Å². The van der Waals surface area contributed by atoms with Crippen LogP contribution < -0.4 is 14.4 Å². The quantitative estimate of drug-likeness (QED) is 0.221. The number of hydrogen-bond acceptors (Lipinski definition) is 5. The summed E-state index contributed by atoms with van der Waals surface area (Å²) in [5.41, 5.74) is 3.05. The molecular weight excluding hydrogens is 562 g/mol. The van der Waals surface area contributed by atoms with Crippen LogP contribution in [-0.2, 0) is 26.2 Å². The Morgan fingerprint density at radius 2 is 1.47 bits per heavy atom. The maximum Gasteiger partial charge on any atom is 0.264 e. The van der Waals surface area contributed by atoms with Gasteiger partial charge in [0.2, 0.25) is 11.8 Å². The van der Waals surface area contributed by atoms with Crippen molar-refractivity contribution in [2.75, 3.05) is 17.9 Å². The van der Waals surface area contributed by atoms with Crippen LogP contribution >= 0.6 is 0 Å². The van der Waals surface area contributed by atoms with E-state index < -0.39 is 28.5 Å². The van der Waals surface area contributed by atoms with Gasteiger partial charge in [-0.2, -0.15) is 0 Å². The van der Waals surface area contributed by atoms with E-state index in [0.29, 0.717) is 17.9 Å². The SMILES string of the molecule is CC[C@H](C(=O)NC)N(Cc1cccc(C)c1)C(=O)CN(c1ccc(Oc2ccccc2)cc1)S(=O)(=O)c1ccc(C)cc1. The predicted molar refractivity (Wildman–Crippen MR) is 169 cm³/mol. The highest BCUT2D eigenvalue weighted by atomic mass is 32.2. The molecule has 0 unspecified atom stereocenters. The average Bonchev–Trinajstić information content (AvgIpc) is 3.00. The fourth-order valence-corrected chi connectivity index (χ4v) is 6.18. The van der Waals surface area contributed by atoms with Crippen molar-refractivity contribution in [3.05, 3.63) is 120 Å². The number of rotatable bonds is 12. The molecule has 8 nitrogen and oxygen atoms in total. The highest BCUT2D eigenvalue weighted by Crippen LogP contribution is 2.29. The van der Waals surface area contributed by atoms with Crippen LogP contribution in [0.5, 0.6) is 11.5 Å². The lowest BCUT2D eigenvalue weighted by Gasteiger charge is -2.33. The average molecular weight is 600 g/mol. The number of anilines is 1. The Hall–Kier alpha value is -4.63. The van der Waals surface area contributed by atoms with E-state index in [0.717, 1.165) is 21.0 Å². The van der Waals surface area contributed by atoms with E-state index in [1.807, 2.05) is 75.4 Å². The zero-order valence-corrected chi connectivity index (χ0v) is 25.7. The van der Waals surface area contributed by atoms with Gasteiger partial charge in [-0.15, -0.1) is 0 Å². The number of ether oxygens (including phenoxy) is 1. The van der Waals surface area contributed by atoms with E-state index in [4.69, 9.17) is 4.74 Å². The van der Waals surface area contributed by atoms with Crippen molar-refractivity contribution in [1.82, 2.24) is 10.2 Å². The number of sulfonamides is 1. The molecule has 2 amide bonds. The predicted octanol–water partition coefficient (Wildman–Crippen LogP) is 5.84. The van der Waals surface area contributed by atoms with E-state index in [1.165, 1.54) is 24.1 Å². The monoisotopic (exact) mass is 599 g/mol. The largest absolute Gasteiger partial charge is 0.457 e. The molecule has 1 N–H and O–H groups in total. The van der Waals surface area contributed by atoms with E-state index >= 15 is 0 Å². The third kappa shape index (κ3) is 7.81. The zero-order chi connectivity index (χ0) is 31.0. The van der Waals surface area contributed by atoms with E-state index in [9.17, 15) is 18.0 Å². The van der Waals surface area contributed by atoms with Crippen molar-refractivity contribution in [3.63, 3.8) is 0 Å². The van der Waals surface area contributed by atoms with E-state index in [-0.39, 0.29) is 23.0 Å². The molecule has 0 aliphatic rings. The first-order valence-corrected chi connectivity index (χ1v) is 15.6. The molecule has 0 radical (unpaired) electrons. The molecule has 0 spiro atoms. The van der Waals surface area contributed by atoms with Gasteiger partial charge in [0.15, 0.2) is 0 Å². The van der Waals surface area contributed by atoms with Crippen LogP contribution in [0.15, 0.2) is 108 Å². The lowest BCUT2D eigenvalue weighted by molar-refractivity contribution is -0.140. The smallest absolute Gasteiger partial charge is 0.264 e. The molecule has 43 heavy (non-hydrogen) atoms. The Bertz CT molecular complexity index is 1640. The molecular formula is C34H37N3O5S. The lowest BCUT2D eigenvalue weighted by atomic mass is 10.1. The minimum Gasteiger partial charge on any atom is -0.457 e. The van der Waals surface area contributed by atoms with Crippen LogP contribution in [0.4, 0.5) is 5.69 Å². The number of nitrogens with zero attached hydrogens (tertiary/aromatic N) is 2. The van der Waals surface area contributed by atoms with Gasteiger partial charge < -0.3 is 15.0 Å². The van der Waals surface area contributed by atoms with Crippen LogP contribution in [0.3, 0.4) is 0 Å². The van der Waals surface area contributed by atoms with Crippen LogP contribution in [-0.4, -0.2) is 44.8 Å². The summed E-state index contributed by atoms with van der Waals surface area (Å²) in [5, 5.41) is 2.64. The van der Waals surface area contributed by atoms with Gasteiger partial charge in [-0.25, -0.2) is 8.42 Å². The summed E-state index contributed by atoms with van der Waals surface area (Å²) >= 11 is 0. The minimum atomic E-state index is -4.16. The van der Waals surface area contributed by atoms with E-state index in [1.54, 1.807) is 36.4 Å². The van der Waals surface area contributed by atoms with Gasteiger partial charge in [0.25, 0.3) is 10.0 Å². The lowest BCUT2D eigenvalue weighted by Crippen LogP contribution is -2.51. The molecule has 0 aliphatic carbocycles. The van der Waals surface area contributed by atoms with Gasteiger partial charge in [0.1, 0.15) is 24.1 Å². The first kappa shape index (κ1) is 31.3. The number of nitrogens with one attached hydrogen (secondary N) is 1. The molecule has 0 saturated carbocycles. The van der Waals surface area contributed by atoms with Crippen LogP contribution in [0.2, 0.25) is 0 Å². The summed E-state index contributed by atoms with van der Waals surface area (Å²) in [6, 6.07) is 29.1. The number of amides is 2. The first-order chi connectivity index (χ1) is 20.6. The number of hydrogen-bond donors (Lipinski definition) is 1. The molecule has 9 heteroatoms. The second kappa shape index (κ2) is 14.0. The third-order valence-electron chi connectivity index (χ3n) is 7.06. The second-order valence-electron chi connectivity index (χ2n) is 10.3. The summed E-state index contributed by atoms with van der Waals surface area (Å²) < 4.78 is 35.1. The van der Waals surface area contributed by atoms with Crippen LogP contribution in [0.25, 0.3) is 0 Å². The molecule has 1 atom stereocenters. The number of aryl methyl sites for hydroxylation is 2. The van der Waals surface area contributed by atoms with Gasteiger partial charge in [-0.05, 0) is 74.4 Å². The summed E-state index contributed by atoms with van der Waals surface area (Å²) in [5.74, 6) is 0.331. The Labute approximate surface area is 254 Å². The number of carbonyl (C=O) groups excluding carboxylic acids is 2. The van der Waals surface area contributed by atoms with Crippen molar-refractivity contribution in [3.8, 4) is 11.5 Å². The van der Waals surface area contributed by atoms with Gasteiger partial charge in [-0.1, -0.05) is 72.6 Å². The van der Waals surface area contributed by atoms with Crippen LogP contribution in [0, 0.1) is 13.8 Å². The van der Waals surface area contributed by atoms with Gasteiger partial charge >= 0.3 is 0 Å². The van der Waals surface area contributed by atoms with E-state index in [2.05, 4.69) is 5.32 Å². The molecule has 0 bridgehead atoms. The Morgan fingerprint density at radius 1 is 0.814 bits per heavy atom.